The third-order valence-corrected chi connectivity index (χ3v) is 3.17. The summed E-state index contributed by atoms with van der Waals surface area (Å²) in [5.74, 6) is -0.445. The second kappa shape index (κ2) is 8.10. The number of hydrogen-bond acceptors (Lipinski definition) is 6. The van der Waals surface area contributed by atoms with Crippen molar-refractivity contribution in [2.45, 2.75) is 26.9 Å². The van der Waals surface area contributed by atoms with Gasteiger partial charge >= 0.3 is 17.9 Å². The molecule has 2 rings (SSSR count). The van der Waals surface area contributed by atoms with E-state index in [-0.39, 0.29) is 0 Å². The Labute approximate surface area is 145 Å². The molecule has 0 bridgehead atoms. The highest BCUT2D eigenvalue weighted by molar-refractivity contribution is 5.70. The van der Waals surface area contributed by atoms with Crippen LogP contribution in [0.4, 0.5) is 0 Å². The molecule has 6 nitrogen and oxygen atoms in total. The van der Waals surface area contributed by atoms with Gasteiger partial charge in [0.1, 0.15) is 11.5 Å². The summed E-state index contributed by atoms with van der Waals surface area (Å²) in [7, 11) is 0. The molecule has 0 saturated heterocycles. The molecule has 0 aliphatic heterocycles. The highest BCUT2D eigenvalue weighted by atomic mass is 16.5. The largest absolute Gasteiger partial charge is 0.453 e. The number of rotatable bonds is 5. The minimum absolute atomic E-state index is 0.406. The first kappa shape index (κ1) is 18.2. The lowest BCUT2D eigenvalue weighted by atomic mass is 10.0. The summed E-state index contributed by atoms with van der Waals surface area (Å²) in [4.78, 5) is 33.4. The Hall–Kier alpha value is -3.15. The molecule has 25 heavy (non-hydrogen) atoms. The van der Waals surface area contributed by atoms with Gasteiger partial charge in [0.2, 0.25) is 0 Å². The third kappa shape index (κ3) is 5.46. The van der Waals surface area contributed by atoms with Crippen LogP contribution >= 0.6 is 0 Å². The van der Waals surface area contributed by atoms with Crippen molar-refractivity contribution in [1.82, 2.24) is 0 Å². The van der Waals surface area contributed by atoms with Gasteiger partial charge in [-0.25, -0.2) is 0 Å². The van der Waals surface area contributed by atoms with Crippen molar-refractivity contribution in [3.63, 3.8) is 0 Å². The van der Waals surface area contributed by atoms with Crippen molar-refractivity contribution in [3.8, 4) is 11.5 Å². The molecule has 0 fully saturated rings. The Morgan fingerprint density at radius 3 is 1.28 bits per heavy atom. The number of hydrogen-bond donors (Lipinski definition) is 0. The fraction of sp³-hybridized carbons (Fsp3) is 0.211. The molecular weight excluding hydrogens is 324 g/mol. The van der Waals surface area contributed by atoms with Crippen LogP contribution in [0.25, 0.3) is 0 Å². The molecule has 0 N–H and O–H groups in total. The Morgan fingerprint density at radius 1 is 0.640 bits per heavy atom. The smallest absolute Gasteiger partial charge is 0.308 e. The monoisotopic (exact) mass is 342 g/mol. The van der Waals surface area contributed by atoms with Crippen LogP contribution in [0.3, 0.4) is 0 Å². The lowest BCUT2D eigenvalue weighted by Crippen LogP contribution is -2.10. The molecule has 0 spiro atoms. The van der Waals surface area contributed by atoms with Crippen LogP contribution in [0, 0.1) is 0 Å². The Bertz CT molecular complexity index is 702. The summed E-state index contributed by atoms with van der Waals surface area (Å²) >= 11 is 0. The maximum absolute atomic E-state index is 11.5. The van der Waals surface area contributed by atoms with E-state index in [0.29, 0.717) is 22.6 Å². The first-order valence-corrected chi connectivity index (χ1v) is 7.59. The van der Waals surface area contributed by atoms with Crippen LogP contribution in [0.2, 0.25) is 0 Å². The Balaban J connectivity index is 2.27. The molecule has 0 saturated carbocycles. The number of esters is 3. The minimum Gasteiger partial charge on any atom is -0.453 e. The molecule has 0 radical (unpaired) electrons. The van der Waals surface area contributed by atoms with Gasteiger partial charge in [-0.1, -0.05) is 24.3 Å². The van der Waals surface area contributed by atoms with Crippen LogP contribution in [0.15, 0.2) is 48.5 Å². The normalized spacial score (nSPS) is 10.2. The summed E-state index contributed by atoms with van der Waals surface area (Å²) in [6.45, 7) is 3.97. The zero-order chi connectivity index (χ0) is 18.4. The predicted octanol–water partition coefficient (Wildman–Crippen LogP) is 3.19. The molecule has 0 unspecified atom stereocenters. The molecule has 0 atom stereocenters. The molecular formula is C19H18O6. The maximum Gasteiger partial charge on any atom is 0.308 e. The van der Waals surface area contributed by atoms with Crippen LogP contribution < -0.4 is 9.47 Å². The SMILES string of the molecule is CC(=O)Oc1ccc(C(OC(C)=O)c2ccc(OC(C)=O)cc2)cc1. The van der Waals surface area contributed by atoms with Crippen molar-refractivity contribution in [3.05, 3.63) is 59.7 Å². The van der Waals surface area contributed by atoms with Gasteiger partial charge in [-0.2, -0.15) is 0 Å². The average Bonchev–Trinajstić information content (AvgIpc) is 2.53. The minimum atomic E-state index is -0.629. The summed E-state index contributed by atoms with van der Waals surface area (Å²) in [5, 5.41) is 0. The van der Waals surface area contributed by atoms with Gasteiger partial charge in [0.05, 0.1) is 0 Å². The van der Waals surface area contributed by atoms with E-state index in [4.69, 9.17) is 14.2 Å². The lowest BCUT2D eigenvalue weighted by Gasteiger charge is -2.18. The van der Waals surface area contributed by atoms with E-state index in [1.54, 1.807) is 48.5 Å². The van der Waals surface area contributed by atoms with E-state index in [1.165, 1.54) is 20.8 Å². The number of carbonyl (C=O) groups is 3. The quantitative estimate of drug-likeness (QED) is 0.613. The first-order valence-electron chi connectivity index (χ1n) is 7.59. The molecule has 0 aliphatic carbocycles. The van der Waals surface area contributed by atoms with Gasteiger partial charge in [0, 0.05) is 20.8 Å². The molecule has 2 aromatic carbocycles. The van der Waals surface area contributed by atoms with Gasteiger partial charge in [0.25, 0.3) is 0 Å². The van der Waals surface area contributed by atoms with E-state index < -0.39 is 24.0 Å². The summed E-state index contributed by atoms with van der Waals surface area (Å²) in [6, 6.07) is 13.4. The molecule has 0 heterocycles. The zero-order valence-corrected chi connectivity index (χ0v) is 14.1. The Kier molecular flexibility index (Phi) is 5.89. The molecule has 0 aromatic heterocycles. The van der Waals surface area contributed by atoms with Gasteiger partial charge < -0.3 is 14.2 Å². The highest BCUT2D eigenvalue weighted by Gasteiger charge is 2.18. The van der Waals surface area contributed by atoms with E-state index in [0.717, 1.165) is 0 Å². The fourth-order valence-corrected chi connectivity index (χ4v) is 2.25. The Morgan fingerprint density at radius 2 is 1.00 bits per heavy atom. The van der Waals surface area contributed by atoms with Crippen LogP contribution in [-0.4, -0.2) is 17.9 Å². The van der Waals surface area contributed by atoms with E-state index >= 15 is 0 Å². The molecule has 0 amide bonds. The second-order valence-electron chi connectivity index (χ2n) is 5.31. The van der Waals surface area contributed by atoms with Gasteiger partial charge in [-0.3, -0.25) is 14.4 Å². The first-order chi connectivity index (χ1) is 11.8. The van der Waals surface area contributed by atoms with Crippen molar-refractivity contribution < 1.29 is 28.6 Å². The van der Waals surface area contributed by atoms with Gasteiger partial charge in [-0.15, -0.1) is 0 Å². The summed E-state index contributed by atoms with van der Waals surface area (Å²) in [6.07, 6.45) is -0.629. The van der Waals surface area contributed by atoms with Crippen molar-refractivity contribution >= 4 is 17.9 Å². The van der Waals surface area contributed by atoms with E-state index in [2.05, 4.69) is 0 Å². The summed E-state index contributed by atoms with van der Waals surface area (Å²) in [5.41, 5.74) is 1.43. The molecule has 2 aromatic rings. The average molecular weight is 342 g/mol. The van der Waals surface area contributed by atoms with E-state index in [9.17, 15) is 14.4 Å². The van der Waals surface area contributed by atoms with Crippen LogP contribution in [0.5, 0.6) is 11.5 Å². The summed E-state index contributed by atoms with van der Waals surface area (Å²) < 4.78 is 15.4. The van der Waals surface area contributed by atoms with Gasteiger partial charge in [0.15, 0.2) is 6.10 Å². The standard InChI is InChI=1S/C19H18O6/c1-12(20)23-17-8-4-15(5-9-17)19(25-14(3)22)16-6-10-18(11-7-16)24-13(2)21/h4-11,19H,1-3H3. The van der Waals surface area contributed by atoms with Crippen LogP contribution in [-0.2, 0) is 19.1 Å². The van der Waals surface area contributed by atoms with Crippen LogP contribution in [0.1, 0.15) is 38.0 Å². The highest BCUT2D eigenvalue weighted by Crippen LogP contribution is 2.29. The second-order valence-corrected chi connectivity index (χ2v) is 5.31. The third-order valence-electron chi connectivity index (χ3n) is 3.17. The maximum atomic E-state index is 11.5. The zero-order valence-electron chi connectivity index (χ0n) is 14.1. The van der Waals surface area contributed by atoms with E-state index in [1.807, 2.05) is 0 Å². The lowest BCUT2D eigenvalue weighted by molar-refractivity contribution is -0.144. The van der Waals surface area contributed by atoms with Gasteiger partial charge in [-0.05, 0) is 35.4 Å². The number of carbonyl (C=O) groups excluding carboxylic acids is 3. The van der Waals surface area contributed by atoms with Crippen molar-refractivity contribution in [1.29, 1.82) is 0 Å². The topological polar surface area (TPSA) is 78.9 Å². The molecule has 130 valence electrons. The van der Waals surface area contributed by atoms with Crippen molar-refractivity contribution in [2.75, 3.05) is 0 Å². The predicted molar refractivity (Wildman–Crippen MR) is 89.1 cm³/mol. The number of ether oxygens (including phenoxy) is 3. The number of benzene rings is 2. The fourth-order valence-electron chi connectivity index (χ4n) is 2.25. The molecule has 0 aliphatic rings. The molecule has 6 heteroatoms. The van der Waals surface area contributed by atoms with Crippen molar-refractivity contribution in [2.24, 2.45) is 0 Å².